The highest BCUT2D eigenvalue weighted by molar-refractivity contribution is 7.85. The molecule has 0 atom stereocenters. The van der Waals surface area contributed by atoms with Crippen LogP contribution in [0.15, 0.2) is 0 Å². The maximum absolute atomic E-state index is 10.6. The maximum atomic E-state index is 10.6. The van der Waals surface area contributed by atoms with E-state index in [0.29, 0.717) is 6.54 Å². The Morgan fingerprint density at radius 1 is 1.21 bits per heavy atom. The average Bonchev–Trinajstić information content (AvgIpc) is 2.02. The molecular weight excluding hydrogens is 202 g/mol. The van der Waals surface area contributed by atoms with Crippen molar-refractivity contribution < 1.29 is 12.6 Å². The van der Waals surface area contributed by atoms with Crippen LogP contribution in [0, 0.1) is 0 Å². The van der Waals surface area contributed by atoms with Gasteiger partial charge in [0.15, 0.2) is 0 Å². The Kier molecular flexibility index (Phi) is 7.13. The van der Waals surface area contributed by atoms with Crippen molar-refractivity contribution in [1.82, 2.24) is 4.90 Å². The third kappa shape index (κ3) is 9.95. The van der Waals surface area contributed by atoms with Crippen LogP contribution in [-0.2, 0) is 14.3 Å². The molecule has 0 radical (unpaired) electrons. The summed E-state index contributed by atoms with van der Waals surface area (Å²) in [7, 11) is -1.30. The van der Waals surface area contributed by atoms with Gasteiger partial charge in [-0.3, -0.25) is 4.18 Å². The SMILES string of the molecule is CCCCCN(C)CCOS(C)(=O)=O. The lowest BCUT2D eigenvalue weighted by molar-refractivity contribution is 0.240. The van der Waals surface area contributed by atoms with Crippen LogP contribution in [0.3, 0.4) is 0 Å². The first-order chi connectivity index (χ1) is 6.45. The van der Waals surface area contributed by atoms with Gasteiger partial charge in [-0.25, -0.2) is 0 Å². The first kappa shape index (κ1) is 13.9. The topological polar surface area (TPSA) is 46.6 Å². The van der Waals surface area contributed by atoms with Gasteiger partial charge in [-0.15, -0.1) is 0 Å². The van der Waals surface area contributed by atoms with Crippen molar-refractivity contribution in [3.63, 3.8) is 0 Å². The molecule has 4 nitrogen and oxygen atoms in total. The molecule has 0 saturated carbocycles. The molecule has 0 bridgehead atoms. The number of unbranched alkanes of at least 4 members (excludes halogenated alkanes) is 2. The van der Waals surface area contributed by atoms with E-state index in [1.54, 1.807) is 0 Å². The Hall–Kier alpha value is -0.130. The van der Waals surface area contributed by atoms with Gasteiger partial charge in [0.05, 0.1) is 12.9 Å². The van der Waals surface area contributed by atoms with Crippen LogP contribution in [0.5, 0.6) is 0 Å². The van der Waals surface area contributed by atoms with Crippen molar-refractivity contribution in [2.24, 2.45) is 0 Å². The minimum absolute atomic E-state index is 0.251. The third-order valence-electron chi connectivity index (χ3n) is 1.91. The summed E-state index contributed by atoms with van der Waals surface area (Å²) in [5, 5.41) is 0. The zero-order valence-electron chi connectivity index (χ0n) is 9.32. The quantitative estimate of drug-likeness (QED) is 0.456. The number of hydrogen-bond acceptors (Lipinski definition) is 4. The first-order valence-electron chi connectivity index (χ1n) is 4.98. The van der Waals surface area contributed by atoms with Gasteiger partial charge in [0.2, 0.25) is 0 Å². The van der Waals surface area contributed by atoms with Gasteiger partial charge in [-0.1, -0.05) is 19.8 Å². The minimum Gasteiger partial charge on any atom is -0.304 e. The maximum Gasteiger partial charge on any atom is 0.264 e. The highest BCUT2D eigenvalue weighted by Crippen LogP contribution is 1.96. The Morgan fingerprint density at radius 2 is 1.86 bits per heavy atom. The smallest absolute Gasteiger partial charge is 0.264 e. The molecule has 0 unspecified atom stereocenters. The van der Waals surface area contributed by atoms with E-state index in [-0.39, 0.29) is 6.61 Å². The zero-order valence-corrected chi connectivity index (χ0v) is 10.1. The predicted octanol–water partition coefficient (Wildman–Crippen LogP) is 1.08. The van der Waals surface area contributed by atoms with Crippen LogP contribution in [0.2, 0.25) is 0 Å². The standard InChI is InChI=1S/C9H21NO3S/c1-4-5-6-7-10(2)8-9-13-14(3,11)12/h4-9H2,1-3H3. The van der Waals surface area contributed by atoms with Crippen molar-refractivity contribution in [2.75, 3.05) is 33.0 Å². The average molecular weight is 223 g/mol. The van der Waals surface area contributed by atoms with E-state index in [1.807, 2.05) is 7.05 Å². The van der Waals surface area contributed by atoms with Crippen LogP contribution in [0.4, 0.5) is 0 Å². The van der Waals surface area contributed by atoms with Gasteiger partial charge >= 0.3 is 0 Å². The molecule has 0 amide bonds. The Balaban J connectivity index is 3.40. The molecule has 0 aromatic heterocycles. The molecule has 0 spiro atoms. The number of hydrogen-bond donors (Lipinski definition) is 0. The minimum atomic E-state index is -3.27. The van der Waals surface area contributed by atoms with Gasteiger partial charge in [-0.2, -0.15) is 8.42 Å². The Morgan fingerprint density at radius 3 is 2.36 bits per heavy atom. The van der Waals surface area contributed by atoms with Gasteiger partial charge < -0.3 is 4.90 Å². The second-order valence-electron chi connectivity index (χ2n) is 3.54. The summed E-state index contributed by atoms with van der Waals surface area (Å²) < 4.78 is 25.9. The normalized spacial score (nSPS) is 12.3. The predicted molar refractivity (Wildman–Crippen MR) is 57.8 cm³/mol. The number of rotatable bonds is 8. The molecule has 0 aromatic carbocycles. The molecule has 0 rings (SSSR count). The lowest BCUT2D eigenvalue weighted by Gasteiger charge is -2.15. The summed E-state index contributed by atoms with van der Waals surface area (Å²) in [6.07, 6.45) is 4.65. The summed E-state index contributed by atoms with van der Waals surface area (Å²) in [5.41, 5.74) is 0. The van der Waals surface area contributed by atoms with Crippen LogP contribution >= 0.6 is 0 Å². The second-order valence-corrected chi connectivity index (χ2v) is 5.18. The number of nitrogens with zero attached hydrogens (tertiary/aromatic N) is 1. The third-order valence-corrected chi connectivity index (χ3v) is 2.51. The molecule has 0 aliphatic rings. The van der Waals surface area contributed by atoms with E-state index < -0.39 is 10.1 Å². The van der Waals surface area contributed by atoms with Crippen molar-refractivity contribution in [1.29, 1.82) is 0 Å². The van der Waals surface area contributed by atoms with Gasteiger partial charge in [-0.05, 0) is 20.0 Å². The number of likely N-dealkylation sites (N-methyl/N-ethyl adjacent to an activating group) is 1. The molecule has 0 aliphatic carbocycles. The summed E-state index contributed by atoms with van der Waals surface area (Å²) >= 11 is 0. The van der Waals surface area contributed by atoms with Gasteiger partial charge in [0, 0.05) is 6.54 Å². The summed E-state index contributed by atoms with van der Waals surface area (Å²) in [5.74, 6) is 0. The monoisotopic (exact) mass is 223 g/mol. The molecule has 0 heterocycles. The fourth-order valence-corrected chi connectivity index (χ4v) is 1.47. The second kappa shape index (κ2) is 7.20. The summed E-state index contributed by atoms with van der Waals surface area (Å²) in [6.45, 7) is 4.08. The molecule has 0 aromatic rings. The first-order valence-corrected chi connectivity index (χ1v) is 6.80. The lowest BCUT2D eigenvalue weighted by Crippen LogP contribution is -2.25. The van der Waals surface area contributed by atoms with Crippen LogP contribution in [0.1, 0.15) is 26.2 Å². The van der Waals surface area contributed by atoms with Crippen molar-refractivity contribution in [2.45, 2.75) is 26.2 Å². The molecule has 0 saturated heterocycles. The fourth-order valence-electron chi connectivity index (χ4n) is 1.09. The lowest BCUT2D eigenvalue weighted by atomic mass is 10.2. The van der Waals surface area contributed by atoms with E-state index in [0.717, 1.165) is 19.2 Å². The van der Waals surface area contributed by atoms with E-state index in [2.05, 4.69) is 16.0 Å². The fraction of sp³-hybridized carbons (Fsp3) is 1.00. The van der Waals surface area contributed by atoms with E-state index >= 15 is 0 Å². The zero-order chi connectivity index (χ0) is 11.0. The van der Waals surface area contributed by atoms with Crippen molar-refractivity contribution in [3.8, 4) is 0 Å². The van der Waals surface area contributed by atoms with E-state index in [9.17, 15) is 8.42 Å². The molecular formula is C9H21NO3S. The van der Waals surface area contributed by atoms with Crippen LogP contribution in [0.25, 0.3) is 0 Å². The van der Waals surface area contributed by atoms with Gasteiger partial charge in [0.1, 0.15) is 0 Å². The highest BCUT2D eigenvalue weighted by atomic mass is 32.2. The van der Waals surface area contributed by atoms with Crippen LogP contribution in [-0.4, -0.2) is 46.3 Å². The van der Waals surface area contributed by atoms with E-state index in [1.165, 1.54) is 12.8 Å². The van der Waals surface area contributed by atoms with Gasteiger partial charge in [0.25, 0.3) is 10.1 Å². The summed E-state index contributed by atoms with van der Waals surface area (Å²) in [4.78, 5) is 2.08. The molecule has 5 heteroatoms. The molecule has 86 valence electrons. The molecule has 14 heavy (non-hydrogen) atoms. The summed E-state index contributed by atoms with van der Waals surface area (Å²) in [6, 6.07) is 0. The van der Waals surface area contributed by atoms with Crippen LogP contribution < -0.4 is 0 Å². The molecule has 0 fully saturated rings. The van der Waals surface area contributed by atoms with Crippen molar-refractivity contribution >= 4 is 10.1 Å². The Bertz CT molecular complexity index is 226. The molecule has 0 aliphatic heterocycles. The Labute approximate surface area is 87.4 Å². The van der Waals surface area contributed by atoms with Crippen molar-refractivity contribution in [3.05, 3.63) is 0 Å². The largest absolute Gasteiger partial charge is 0.304 e. The van der Waals surface area contributed by atoms with E-state index in [4.69, 9.17) is 0 Å². The highest BCUT2D eigenvalue weighted by Gasteiger charge is 2.03. The molecule has 0 N–H and O–H groups in total.